The van der Waals surface area contributed by atoms with Gasteiger partial charge in [0, 0.05) is 57.9 Å². The van der Waals surface area contributed by atoms with Gasteiger partial charge >= 0.3 is 0 Å². The normalized spacial score (nSPS) is 27.4. The van der Waals surface area contributed by atoms with E-state index in [1.807, 2.05) is 0 Å². The van der Waals surface area contributed by atoms with Crippen LogP contribution in [-0.4, -0.2) is 77.1 Å². The monoisotopic (exact) mass is 393 g/mol. The molecule has 1 aromatic carbocycles. The first kappa shape index (κ1) is 19.7. The largest absolute Gasteiger partial charge is 0.379 e. The number of piperidine rings is 1. The number of nitrogens with zero attached hydrogens (tertiary/aromatic N) is 3. The summed E-state index contributed by atoms with van der Waals surface area (Å²) in [6, 6.07) is 3.99. The summed E-state index contributed by atoms with van der Waals surface area (Å²) in [5, 5.41) is 11.1. The van der Waals surface area contributed by atoms with Gasteiger partial charge in [-0.1, -0.05) is 12.1 Å². The van der Waals surface area contributed by atoms with Crippen molar-refractivity contribution in [1.82, 2.24) is 14.7 Å². The molecule has 7 heteroatoms. The van der Waals surface area contributed by atoms with Crippen LogP contribution in [0.2, 0.25) is 0 Å². The average Bonchev–Trinajstić information content (AvgIpc) is 3.49. The Morgan fingerprint density at radius 2 is 1.79 bits per heavy atom. The molecule has 0 bridgehead atoms. The molecule has 4 rings (SSSR count). The Morgan fingerprint density at radius 1 is 1.07 bits per heavy atom. The van der Waals surface area contributed by atoms with Gasteiger partial charge in [-0.2, -0.15) is 0 Å². The van der Waals surface area contributed by atoms with Crippen molar-refractivity contribution in [3.05, 3.63) is 35.4 Å². The van der Waals surface area contributed by atoms with Gasteiger partial charge in [-0.3, -0.25) is 9.69 Å². The third kappa shape index (κ3) is 4.36. The van der Waals surface area contributed by atoms with Crippen molar-refractivity contribution >= 4 is 5.91 Å². The fourth-order valence-corrected chi connectivity index (χ4v) is 4.40. The van der Waals surface area contributed by atoms with Crippen LogP contribution in [0.4, 0.5) is 8.78 Å². The van der Waals surface area contributed by atoms with Gasteiger partial charge in [-0.15, -0.1) is 0 Å². The first-order valence-electron chi connectivity index (χ1n) is 10.3. The molecule has 1 N–H and O–H groups in total. The summed E-state index contributed by atoms with van der Waals surface area (Å²) in [5.41, 5.74) is -1.30. The second-order valence-corrected chi connectivity index (χ2v) is 8.59. The maximum absolute atomic E-state index is 14.0. The highest BCUT2D eigenvalue weighted by Crippen LogP contribution is 2.30. The summed E-state index contributed by atoms with van der Waals surface area (Å²) in [4.78, 5) is 19.1. The molecule has 0 radical (unpaired) electrons. The molecule has 5 nitrogen and oxygen atoms in total. The average molecular weight is 393 g/mol. The van der Waals surface area contributed by atoms with Crippen LogP contribution in [0.5, 0.6) is 0 Å². The Morgan fingerprint density at radius 3 is 2.50 bits per heavy atom. The highest BCUT2D eigenvalue weighted by atomic mass is 19.2. The quantitative estimate of drug-likeness (QED) is 0.801. The van der Waals surface area contributed by atoms with Crippen molar-refractivity contribution in [2.75, 3.05) is 45.8 Å². The van der Waals surface area contributed by atoms with Gasteiger partial charge in [0.2, 0.25) is 0 Å². The fraction of sp³-hybridized carbons (Fsp3) is 0.667. The van der Waals surface area contributed by atoms with E-state index >= 15 is 0 Å². The topological polar surface area (TPSA) is 47.0 Å². The van der Waals surface area contributed by atoms with Crippen LogP contribution in [0.3, 0.4) is 0 Å². The van der Waals surface area contributed by atoms with Crippen molar-refractivity contribution < 1.29 is 18.7 Å². The van der Waals surface area contributed by atoms with Crippen molar-refractivity contribution in [3.8, 4) is 0 Å². The smallest absolute Gasteiger partial charge is 0.256 e. The van der Waals surface area contributed by atoms with Crippen molar-refractivity contribution in [2.24, 2.45) is 5.92 Å². The van der Waals surface area contributed by atoms with E-state index in [0.29, 0.717) is 25.9 Å². The second kappa shape index (κ2) is 8.05. The van der Waals surface area contributed by atoms with E-state index in [4.69, 9.17) is 0 Å². The molecule has 2 aliphatic heterocycles. The Hall–Kier alpha value is -1.57. The van der Waals surface area contributed by atoms with E-state index in [9.17, 15) is 18.7 Å². The van der Waals surface area contributed by atoms with Crippen LogP contribution >= 0.6 is 0 Å². The molecular weight excluding hydrogens is 364 g/mol. The van der Waals surface area contributed by atoms with Crippen molar-refractivity contribution in [3.63, 3.8) is 0 Å². The van der Waals surface area contributed by atoms with E-state index in [-0.39, 0.29) is 18.0 Å². The summed E-state index contributed by atoms with van der Waals surface area (Å²) < 4.78 is 27.5. The molecular formula is C21H29F2N3O2. The predicted octanol–water partition coefficient (Wildman–Crippen LogP) is 1.85. The minimum absolute atomic E-state index is 0.0140. The number of carbonyl (C=O) groups is 1. The van der Waals surface area contributed by atoms with E-state index in [1.54, 1.807) is 0 Å². The van der Waals surface area contributed by atoms with E-state index < -0.39 is 17.2 Å². The number of β-amino-alcohol motifs (C(OH)–C–C–N with tert-alkyl or cyclic N) is 1. The number of hydrogen-bond donors (Lipinski definition) is 1. The standard InChI is InChI=1S/C21H29F2N3O2/c22-18-4-1-3-17(19(18)23)14-26-8-2-7-21(28,20(26)27)15-25-11-9-24(10-12-25)13-16-5-6-16/h1,3-4,16,28H,2,5-15H2/t21-/m1/s1. The van der Waals surface area contributed by atoms with Crippen LogP contribution in [0.15, 0.2) is 18.2 Å². The highest BCUT2D eigenvalue weighted by Gasteiger charge is 2.44. The van der Waals surface area contributed by atoms with Crippen LogP contribution in [0.25, 0.3) is 0 Å². The number of halogens is 2. The number of rotatable bonds is 6. The lowest BCUT2D eigenvalue weighted by molar-refractivity contribution is -0.160. The minimum Gasteiger partial charge on any atom is -0.379 e. The summed E-state index contributed by atoms with van der Waals surface area (Å²) in [5.74, 6) is -1.34. The molecule has 0 unspecified atom stereocenters. The third-order valence-corrected chi connectivity index (χ3v) is 6.26. The van der Waals surface area contributed by atoms with Gasteiger partial charge in [-0.25, -0.2) is 8.78 Å². The number of likely N-dealkylation sites (tertiary alicyclic amines) is 1. The van der Waals surface area contributed by atoms with Crippen molar-refractivity contribution in [2.45, 2.75) is 37.8 Å². The number of hydrogen-bond acceptors (Lipinski definition) is 4. The van der Waals surface area contributed by atoms with E-state index in [1.165, 1.54) is 36.4 Å². The Balaban J connectivity index is 1.35. The summed E-state index contributed by atoms with van der Waals surface area (Å²) in [7, 11) is 0. The highest BCUT2D eigenvalue weighted by molar-refractivity contribution is 5.86. The molecule has 3 aliphatic rings. The number of amides is 1. The molecule has 1 amide bonds. The first-order chi connectivity index (χ1) is 13.4. The van der Waals surface area contributed by atoms with Gasteiger partial charge in [0.1, 0.15) is 0 Å². The molecule has 154 valence electrons. The second-order valence-electron chi connectivity index (χ2n) is 8.59. The van der Waals surface area contributed by atoms with E-state index in [2.05, 4.69) is 9.80 Å². The lowest BCUT2D eigenvalue weighted by Crippen LogP contribution is -2.60. The molecule has 28 heavy (non-hydrogen) atoms. The summed E-state index contributed by atoms with van der Waals surface area (Å²) >= 11 is 0. The first-order valence-corrected chi connectivity index (χ1v) is 10.3. The minimum atomic E-state index is -1.44. The molecule has 0 aromatic heterocycles. The number of carbonyl (C=O) groups excluding carboxylic acids is 1. The van der Waals surface area contributed by atoms with Gasteiger partial charge in [-0.05, 0) is 37.7 Å². The molecule has 1 saturated carbocycles. The van der Waals surface area contributed by atoms with Gasteiger partial charge < -0.3 is 14.9 Å². The number of piperazine rings is 1. The Bertz CT molecular complexity index is 720. The van der Waals surface area contributed by atoms with Crippen LogP contribution in [0, 0.1) is 17.6 Å². The fourth-order valence-electron chi connectivity index (χ4n) is 4.40. The van der Waals surface area contributed by atoms with Crippen LogP contribution < -0.4 is 0 Å². The van der Waals surface area contributed by atoms with Crippen LogP contribution in [0.1, 0.15) is 31.2 Å². The zero-order valence-corrected chi connectivity index (χ0v) is 16.2. The lowest BCUT2D eigenvalue weighted by atomic mass is 9.90. The van der Waals surface area contributed by atoms with Gasteiger partial charge in [0.25, 0.3) is 5.91 Å². The zero-order valence-electron chi connectivity index (χ0n) is 16.2. The SMILES string of the molecule is O=C1N(Cc2cccc(F)c2F)CCC[C@@]1(O)CN1CCN(CC2CC2)CC1. The Labute approximate surface area is 164 Å². The maximum Gasteiger partial charge on any atom is 0.256 e. The molecule has 1 aromatic rings. The van der Waals surface area contributed by atoms with Crippen molar-refractivity contribution in [1.29, 1.82) is 0 Å². The maximum atomic E-state index is 14.0. The number of aliphatic hydroxyl groups is 1. The number of benzene rings is 1. The molecule has 1 aliphatic carbocycles. The summed E-state index contributed by atoms with van der Waals surface area (Å²) in [6.45, 7) is 5.56. The third-order valence-electron chi connectivity index (χ3n) is 6.26. The lowest BCUT2D eigenvalue weighted by Gasteiger charge is -2.43. The predicted molar refractivity (Wildman–Crippen MR) is 102 cm³/mol. The molecule has 2 saturated heterocycles. The molecule has 1 atom stereocenters. The Kier molecular flexibility index (Phi) is 5.67. The molecule has 0 spiro atoms. The zero-order chi connectivity index (χ0) is 19.7. The van der Waals surface area contributed by atoms with Crippen LogP contribution in [-0.2, 0) is 11.3 Å². The van der Waals surface area contributed by atoms with Gasteiger partial charge in [0.15, 0.2) is 17.2 Å². The molecule has 3 fully saturated rings. The molecule has 2 heterocycles. The van der Waals surface area contributed by atoms with E-state index in [0.717, 1.165) is 38.2 Å². The van der Waals surface area contributed by atoms with Gasteiger partial charge in [0.05, 0.1) is 0 Å². The summed E-state index contributed by atoms with van der Waals surface area (Å²) in [6.07, 6.45) is 3.75.